The lowest BCUT2D eigenvalue weighted by Crippen LogP contribution is -2.51. The summed E-state index contributed by atoms with van der Waals surface area (Å²) in [7, 11) is 1.04. The maximum absolute atomic E-state index is 14.8. The van der Waals surface area contributed by atoms with Gasteiger partial charge in [-0.2, -0.15) is 0 Å². The topological polar surface area (TPSA) is 88.5 Å². The zero-order chi connectivity index (χ0) is 30.5. The summed E-state index contributed by atoms with van der Waals surface area (Å²) in [6.45, 7) is 7.89. The van der Waals surface area contributed by atoms with Gasteiger partial charge < -0.3 is 29.1 Å². The number of rotatable bonds is 9. The van der Waals surface area contributed by atoms with E-state index < -0.39 is 13.7 Å². The minimum absolute atomic E-state index is 0.0220. The van der Waals surface area contributed by atoms with Crippen LogP contribution in [0.3, 0.4) is 0 Å². The van der Waals surface area contributed by atoms with Gasteiger partial charge >= 0.3 is 0 Å². The molecule has 4 atom stereocenters. The lowest BCUT2D eigenvalue weighted by atomic mass is 9.82. The van der Waals surface area contributed by atoms with E-state index in [0.29, 0.717) is 25.1 Å². The smallest absolute Gasteiger partial charge is 0.264 e. The first-order valence-corrected chi connectivity index (χ1v) is 18.1. The summed E-state index contributed by atoms with van der Waals surface area (Å²) in [5.41, 5.74) is 2.33. The predicted octanol–water partition coefficient (Wildman–Crippen LogP) is 4.59. The third kappa shape index (κ3) is 4.65. The van der Waals surface area contributed by atoms with Crippen molar-refractivity contribution in [1.82, 2.24) is 0 Å². The Kier molecular flexibility index (Phi) is 7.60. The molecule has 8 nitrogen and oxygen atoms in total. The maximum Gasteiger partial charge on any atom is 0.264 e. The van der Waals surface area contributed by atoms with Crippen molar-refractivity contribution in [2.75, 3.05) is 37.2 Å². The van der Waals surface area contributed by atoms with Gasteiger partial charge in [0.1, 0.15) is 11.5 Å². The Bertz CT molecular complexity index is 1520. The van der Waals surface area contributed by atoms with Gasteiger partial charge in [0.05, 0.1) is 40.6 Å². The Hall–Kier alpha value is -3.66. The highest BCUT2D eigenvalue weighted by molar-refractivity contribution is 6.91. The van der Waals surface area contributed by atoms with E-state index in [1.165, 1.54) is 5.19 Å². The van der Waals surface area contributed by atoms with Gasteiger partial charge in [0.2, 0.25) is 5.91 Å². The van der Waals surface area contributed by atoms with Crippen LogP contribution in [-0.2, 0) is 26.5 Å². The summed E-state index contributed by atoms with van der Waals surface area (Å²) in [4.78, 5) is 30.3. The molecule has 0 bridgehead atoms. The average Bonchev–Trinajstić information content (AvgIpc) is 3.43. The fourth-order valence-corrected chi connectivity index (χ4v) is 11.6. The molecule has 43 heavy (non-hydrogen) atoms. The molecule has 2 amide bonds. The number of hydrogen-bond donors (Lipinski definition) is 1. The minimum atomic E-state index is -2.25. The molecule has 1 N–H and O–H groups in total. The van der Waals surface area contributed by atoms with Gasteiger partial charge in [-0.3, -0.25) is 9.59 Å². The summed E-state index contributed by atoms with van der Waals surface area (Å²) in [6.07, 6.45) is 0.744. The molecule has 3 aliphatic heterocycles. The molecule has 226 valence electrons. The molecule has 2 saturated heterocycles. The summed E-state index contributed by atoms with van der Waals surface area (Å²) >= 11 is 0. The van der Waals surface area contributed by atoms with Gasteiger partial charge in [-0.25, -0.2) is 0 Å². The highest BCUT2D eigenvalue weighted by Gasteiger charge is 2.66. The van der Waals surface area contributed by atoms with E-state index in [1.807, 2.05) is 59.5 Å². The fourth-order valence-electron chi connectivity index (χ4n) is 7.53. The number of carbonyl (C=O) groups excluding carboxylic acids is 2. The lowest BCUT2D eigenvalue weighted by molar-refractivity contribution is -0.146. The Morgan fingerprint density at radius 1 is 0.977 bits per heavy atom. The first-order chi connectivity index (χ1) is 20.6. The molecule has 0 aliphatic carbocycles. The van der Waals surface area contributed by atoms with Crippen LogP contribution in [0.5, 0.6) is 11.5 Å². The summed E-state index contributed by atoms with van der Waals surface area (Å²) in [6, 6.07) is 21.9. The van der Waals surface area contributed by atoms with Crippen molar-refractivity contribution in [3.63, 3.8) is 0 Å². The van der Waals surface area contributed by atoms with E-state index in [9.17, 15) is 14.7 Å². The average molecular weight is 601 g/mol. The maximum atomic E-state index is 14.8. The second-order valence-electron chi connectivity index (χ2n) is 12.4. The molecule has 9 heteroatoms. The second kappa shape index (κ2) is 11.1. The van der Waals surface area contributed by atoms with Gasteiger partial charge in [-0.05, 0) is 60.0 Å². The molecule has 0 radical (unpaired) electrons. The number of fused-ring (bicyclic) bond motifs is 2. The molecule has 6 rings (SSSR count). The third-order valence-electron chi connectivity index (χ3n) is 9.90. The normalized spacial score (nSPS) is 24.8. The van der Waals surface area contributed by atoms with Crippen molar-refractivity contribution < 1.29 is 28.9 Å². The molecule has 0 saturated carbocycles. The number of hydrogen-bond acceptors (Lipinski definition) is 6. The number of nitrogens with zero attached hydrogens (tertiary/aromatic N) is 2. The number of benzene rings is 3. The molecule has 2 fully saturated rings. The minimum Gasteiger partial charge on any atom is -0.497 e. The summed E-state index contributed by atoms with van der Waals surface area (Å²) < 4.78 is 18.0. The van der Waals surface area contributed by atoms with Crippen molar-refractivity contribution in [3.05, 3.63) is 77.9 Å². The standard InChI is InChI=1S/C34H40N2O6Si/c1-22-32(43(4,5)27-13-10-25(40-2)11-14-27)30(17-19-37)42-34(22)28-20-26(41-3)12-15-29(28)36(33(34)39)21-23-6-8-24(9-7-23)35-18-16-31(35)38/h6-15,20,22,30,32,37H,16-19,21H2,1-5H3/t22-,30+,32-,34+/m0/s1. The van der Waals surface area contributed by atoms with Gasteiger partial charge in [0.25, 0.3) is 5.91 Å². The van der Waals surface area contributed by atoms with Crippen molar-refractivity contribution in [1.29, 1.82) is 0 Å². The highest BCUT2D eigenvalue weighted by Crippen LogP contribution is 2.60. The van der Waals surface area contributed by atoms with Crippen LogP contribution in [0.25, 0.3) is 0 Å². The van der Waals surface area contributed by atoms with Crippen molar-refractivity contribution >= 4 is 36.4 Å². The fraction of sp³-hybridized carbons (Fsp3) is 0.412. The van der Waals surface area contributed by atoms with Gasteiger partial charge in [0, 0.05) is 36.7 Å². The zero-order valence-corrected chi connectivity index (χ0v) is 26.5. The Morgan fingerprint density at radius 3 is 2.23 bits per heavy atom. The van der Waals surface area contributed by atoms with E-state index >= 15 is 0 Å². The first kappa shape index (κ1) is 29.4. The van der Waals surface area contributed by atoms with Crippen LogP contribution in [-0.4, -0.2) is 58.5 Å². The molecule has 3 aliphatic rings. The number of β-lactam (4-membered cyclic amide) rings is 1. The van der Waals surface area contributed by atoms with E-state index in [2.05, 4.69) is 32.2 Å². The first-order valence-electron chi connectivity index (χ1n) is 15.0. The number of aliphatic hydroxyl groups is 1. The molecule has 3 aromatic rings. The molecular weight excluding hydrogens is 560 g/mol. The number of amides is 2. The number of aliphatic hydroxyl groups excluding tert-OH is 1. The Morgan fingerprint density at radius 2 is 1.65 bits per heavy atom. The monoisotopic (exact) mass is 600 g/mol. The van der Waals surface area contributed by atoms with Crippen LogP contribution in [0.4, 0.5) is 11.4 Å². The van der Waals surface area contributed by atoms with Crippen LogP contribution in [0, 0.1) is 5.92 Å². The number of anilines is 2. The molecular formula is C34H40N2O6Si. The van der Waals surface area contributed by atoms with Crippen LogP contribution in [0.1, 0.15) is 30.9 Å². The molecule has 1 spiro atoms. The van der Waals surface area contributed by atoms with Crippen molar-refractivity contribution in [2.24, 2.45) is 5.92 Å². The lowest BCUT2D eigenvalue weighted by Gasteiger charge is -2.37. The molecule has 3 aromatic carbocycles. The Labute approximate surface area is 254 Å². The quantitative estimate of drug-likeness (QED) is 0.286. The van der Waals surface area contributed by atoms with Crippen molar-refractivity contribution in [2.45, 2.75) is 56.7 Å². The van der Waals surface area contributed by atoms with E-state index in [4.69, 9.17) is 14.2 Å². The highest BCUT2D eigenvalue weighted by atomic mass is 28.3. The van der Waals surface area contributed by atoms with Gasteiger partial charge in [-0.15, -0.1) is 0 Å². The summed E-state index contributed by atoms with van der Waals surface area (Å²) in [5.74, 6) is 1.36. The van der Waals surface area contributed by atoms with Crippen LogP contribution >= 0.6 is 0 Å². The van der Waals surface area contributed by atoms with E-state index in [0.717, 1.165) is 34.8 Å². The van der Waals surface area contributed by atoms with Crippen LogP contribution in [0.15, 0.2) is 66.7 Å². The summed E-state index contributed by atoms with van der Waals surface area (Å²) in [5, 5.41) is 11.4. The molecule has 0 unspecified atom stereocenters. The predicted molar refractivity (Wildman–Crippen MR) is 169 cm³/mol. The Balaban J connectivity index is 1.39. The number of ether oxygens (including phenoxy) is 3. The largest absolute Gasteiger partial charge is 0.497 e. The van der Waals surface area contributed by atoms with E-state index in [1.54, 1.807) is 19.1 Å². The SMILES string of the molecule is COc1ccc([Si](C)(C)[C@@H]2[C@@H](CCO)O[C@]3(C(=O)N(Cc4ccc(N5CCC5=O)cc4)c4ccc(OC)cc43)[C@H]2C)cc1. The number of carbonyl (C=O) groups is 2. The number of methoxy groups -OCH3 is 2. The van der Waals surface area contributed by atoms with Gasteiger partial charge in [0.15, 0.2) is 5.60 Å². The van der Waals surface area contributed by atoms with Crippen LogP contribution in [0.2, 0.25) is 18.6 Å². The third-order valence-corrected chi connectivity index (χ3v) is 14.3. The van der Waals surface area contributed by atoms with E-state index in [-0.39, 0.29) is 36.0 Å². The molecule has 3 heterocycles. The van der Waals surface area contributed by atoms with Crippen molar-refractivity contribution in [3.8, 4) is 11.5 Å². The van der Waals surface area contributed by atoms with Crippen LogP contribution < -0.4 is 24.5 Å². The zero-order valence-electron chi connectivity index (χ0n) is 25.5. The molecule has 0 aromatic heterocycles. The van der Waals surface area contributed by atoms with Gasteiger partial charge in [-0.1, -0.05) is 49.5 Å². The second-order valence-corrected chi connectivity index (χ2v) is 17.1.